The minimum absolute atomic E-state index is 0.0280. The van der Waals surface area contributed by atoms with Crippen LogP contribution in [0.5, 0.6) is 0 Å². The molecule has 114 heavy (non-hydrogen) atoms. The quantitative estimate of drug-likeness (QED) is 0.0281. The fourth-order valence-electron chi connectivity index (χ4n) is 12.7. The topological polar surface area (TPSA) is 704 Å². The van der Waals surface area contributed by atoms with Crippen LogP contribution in [0.1, 0.15) is 104 Å². The number of aliphatic carboxylic acids is 3. The number of guanidine groups is 1. The van der Waals surface area contributed by atoms with Crippen molar-refractivity contribution in [2.75, 3.05) is 62.3 Å². The molecule has 2 bridgehead atoms. The third kappa shape index (κ3) is 28.1. The number of fused-ring (bicyclic) bond motifs is 11. The molecule has 45 nitrogen and oxygen atoms in total. The normalized spacial score (nSPS) is 28.1. The van der Waals surface area contributed by atoms with Gasteiger partial charge >= 0.3 is 17.9 Å². The van der Waals surface area contributed by atoms with Crippen molar-refractivity contribution in [2.24, 2.45) is 33.8 Å². The summed E-state index contributed by atoms with van der Waals surface area (Å²) < 4.78 is 0. The second-order valence-electron chi connectivity index (χ2n) is 27.6. The monoisotopic (exact) mass is 1680 g/mol. The molecule has 630 valence electrons. The Balaban J connectivity index is 1.47. The molecule has 5 aliphatic rings. The van der Waals surface area contributed by atoms with E-state index in [2.05, 4.69) is 78.8 Å². The average Bonchev–Trinajstić information content (AvgIpc) is 1.64. The van der Waals surface area contributed by atoms with Gasteiger partial charge in [0.2, 0.25) is 94.5 Å². The van der Waals surface area contributed by atoms with Crippen LogP contribution in [0, 0.1) is 5.92 Å². The van der Waals surface area contributed by atoms with Crippen molar-refractivity contribution >= 4 is 162 Å². The molecule has 0 saturated carbocycles. The largest absolute Gasteiger partial charge is 0.481 e. The number of aliphatic imine (C=N–C) groups is 1. The van der Waals surface area contributed by atoms with Crippen LogP contribution in [0.3, 0.4) is 0 Å². The molecule has 1 aromatic rings. The minimum Gasteiger partial charge on any atom is -0.481 e. The minimum atomic E-state index is -2.04. The van der Waals surface area contributed by atoms with Crippen molar-refractivity contribution < 1.29 is 112 Å². The number of aliphatic hydroxyl groups excluding tert-OH is 1. The lowest BCUT2D eigenvalue weighted by molar-refractivity contribution is -0.150. The van der Waals surface area contributed by atoms with Gasteiger partial charge in [0, 0.05) is 67.5 Å². The van der Waals surface area contributed by atoms with Gasteiger partial charge in [0.05, 0.1) is 38.7 Å². The number of hydrogen-bond acceptors (Lipinski definition) is 27. The SMILES string of the molecule is CC(C)C[C@@H]1NC(=O)[C@H](CC(=O)O)NC(=O)[C@@H]2CCCN2C(=O)[C@H](Cc2cnc[nH]2)NC(=O)[C@H](C)NC(=O)[C@H](CC(N)=O)NC(=O)[C@H](CCCN=C(N)N)NC(=O)[C@@H]2CSSC[C@H](NC(=O)CN)C(=O)N[C@@H](CSSC[C@@H](C(=O)O)NC1=O)C(=O)N[C@@H](CO)C(=O)N[C@@H](CC(=O)O)C(=O)N1CCC[C@H]1C(=O)N1CCC[C@H]1C(=O)N2. The number of amides is 16. The number of hydrogen-bond donors (Lipinski definition) is 21. The fourth-order valence-corrected chi connectivity index (χ4v) is 17.3. The number of aliphatic hydroxyl groups is 1. The summed E-state index contributed by atoms with van der Waals surface area (Å²) in [5, 5.41) is 70.0. The van der Waals surface area contributed by atoms with Crippen molar-refractivity contribution in [3.8, 4) is 0 Å². The highest BCUT2D eigenvalue weighted by atomic mass is 33.1. The first-order chi connectivity index (χ1) is 54.0. The number of aromatic nitrogens is 2. The molecule has 5 fully saturated rings. The van der Waals surface area contributed by atoms with Crippen molar-refractivity contribution in [1.29, 1.82) is 0 Å². The molecular formula is C65H98N22O23S4. The maximum Gasteiger partial charge on any atom is 0.327 e. The van der Waals surface area contributed by atoms with Crippen LogP contribution in [-0.2, 0) is 97.5 Å². The summed E-state index contributed by atoms with van der Waals surface area (Å²) in [5.41, 5.74) is 22.7. The Morgan fingerprint density at radius 3 is 1.56 bits per heavy atom. The summed E-state index contributed by atoms with van der Waals surface area (Å²) >= 11 is 0. The Morgan fingerprint density at radius 2 is 1.00 bits per heavy atom. The molecule has 5 saturated heterocycles. The summed E-state index contributed by atoms with van der Waals surface area (Å²) in [6, 6.07) is -25.8. The number of carboxylic acid groups (broad SMARTS) is 3. The highest BCUT2D eigenvalue weighted by Crippen LogP contribution is 2.29. The number of carboxylic acids is 3. The highest BCUT2D eigenvalue weighted by molar-refractivity contribution is 8.77. The summed E-state index contributed by atoms with van der Waals surface area (Å²) in [7, 11) is 2.93. The van der Waals surface area contributed by atoms with E-state index < -0.39 is 264 Å². The van der Waals surface area contributed by atoms with Crippen LogP contribution < -0.4 is 86.7 Å². The maximum atomic E-state index is 15.0. The zero-order valence-electron chi connectivity index (χ0n) is 62.4. The van der Waals surface area contributed by atoms with Gasteiger partial charge in [-0.2, -0.15) is 0 Å². The van der Waals surface area contributed by atoms with Crippen molar-refractivity contribution in [3.63, 3.8) is 0 Å². The number of carbonyl (C=O) groups is 19. The number of rotatable bonds is 18. The number of nitrogens with zero attached hydrogens (tertiary/aromatic N) is 5. The van der Waals surface area contributed by atoms with Gasteiger partial charge in [-0.1, -0.05) is 57.0 Å². The first-order valence-corrected chi connectivity index (χ1v) is 41.3. The van der Waals surface area contributed by atoms with Gasteiger partial charge in [0.15, 0.2) is 5.96 Å². The van der Waals surface area contributed by atoms with Gasteiger partial charge in [-0.25, -0.2) is 9.78 Å². The first-order valence-electron chi connectivity index (χ1n) is 36.3. The number of H-pyrrole nitrogens is 1. The van der Waals surface area contributed by atoms with Gasteiger partial charge in [-0.05, 0) is 70.6 Å². The fraction of sp³-hybridized carbons (Fsp3) is 0.646. The molecule has 16 amide bonds. The Morgan fingerprint density at radius 1 is 0.535 bits per heavy atom. The molecule has 6 heterocycles. The zero-order valence-corrected chi connectivity index (χ0v) is 65.6. The summed E-state index contributed by atoms with van der Waals surface area (Å²) in [6.07, 6.45) is -1.25. The van der Waals surface area contributed by atoms with E-state index >= 15 is 4.79 Å². The third-order valence-corrected chi connectivity index (χ3v) is 23.3. The molecule has 5 aliphatic heterocycles. The molecule has 49 heteroatoms. The molecule has 15 atom stereocenters. The zero-order chi connectivity index (χ0) is 84.2. The number of primary amides is 1. The van der Waals surface area contributed by atoms with E-state index in [4.69, 9.17) is 22.9 Å². The van der Waals surface area contributed by atoms with E-state index in [1.165, 1.54) is 12.5 Å². The van der Waals surface area contributed by atoms with Gasteiger partial charge in [-0.3, -0.25) is 91.3 Å². The standard InChI is InChI=1S/C65H98N22O23S4/c1-29(2)16-33-53(98)84-42(64(109)110)27-114-113-25-40-58(103)81-38(23-88)55(100)80-37(20-49(93)94)62(107)87-15-7-11-45(87)63(108)86-14-6-10-44(86)60(105)83-41(26-112-111-24-39(56(101)82-40)74-47(90)21-66)57(102)75-32(8-4-12-71-65(68)69)51(96)77-34(18-46(67)89)52(97)73-30(3)50(95)79-36(17-31-22-70-28-72-31)61(106)85-13-5-9-43(85)59(104)78-35(19-48(91)92)54(99)76-33/h22,28-30,32-45,88H,4-21,23-27,66H2,1-3H3,(H2,67,89)(H,70,72)(H,73,97)(H,74,90)(H,75,102)(H,76,99)(H,77,96)(H,78,104)(H,79,95)(H,80,100)(H,81,103)(H,82,101)(H,83,105)(H,84,98)(H,91,92)(H,93,94)(H,109,110)(H4,68,69,71)/t30-,32-,33-,34-,35-,36-,37-,38-,39-,40-,41-,42-,43-,44-,45-/m0/s1. The molecular weight excluding hydrogens is 1590 g/mol. The van der Waals surface area contributed by atoms with Gasteiger partial charge in [0.1, 0.15) is 90.6 Å². The third-order valence-electron chi connectivity index (χ3n) is 18.4. The van der Waals surface area contributed by atoms with Crippen LogP contribution in [-0.4, -0.2) is 316 Å². The predicted octanol–water partition coefficient (Wildman–Crippen LogP) is -9.49. The van der Waals surface area contributed by atoms with E-state index in [9.17, 15) is 107 Å². The molecule has 0 aliphatic carbocycles. The van der Waals surface area contributed by atoms with Crippen molar-refractivity contribution in [2.45, 2.75) is 195 Å². The van der Waals surface area contributed by atoms with Crippen LogP contribution in [0.2, 0.25) is 0 Å². The number of nitrogens with one attached hydrogen (secondary N) is 13. The lowest BCUT2D eigenvalue weighted by Crippen LogP contribution is -2.61. The van der Waals surface area contributed by atoms with E-state index in [0.29, 0.717) is 21.6 Å². The average molecular weight is 1680 g/mol. The van der Waals surface area contributed by atoms with E-state index in [0.717, 1.165) is 43.2 Å². The Kier molecular flexibility index (Phi) is 36.5. The summed E-state index contributed by atoms with van der Waals surface area (Å²) in [5.74, 6) is -25.5. The Labute approximate surface area is 667 Å². The number of nitrogens with two attached hydrogens (primary N) is 4. The van der Waals surface area contributed by atoms with Gasteiger partial charge in [0.25, 0.3) is 0 Å². The van der Waals surface area contributed by atoms with Crippen LogP contribution >= 0.6 is 43.2 Å². The number of carbonyl (C=O) groups excluding carboxylic acids is 16. The molecule has 0 unspecified atom stereocenters. The maximum absolute atomic E-state index is 15.0. The van der Waals surface area contributed by atoms with E-state index in [1.807, 2.05) is 0 Å². The highest BCUT2D eigenvalue weighted by Gasteiger charge is 2.47. The smallest absolute Gasteiger partial charge is 0.327 e. The lowest BCUT2D eigenvalue weighted by atomic mass is 10.0. The lowest BCUT2D eigenvalue weighted by Gasteiger charge is -2.33. The van der Waals surface area contributed by atoms with Crippen LogP contribution in [0.15, 0.2) is 17.5 Å². The summed E-state index contributed by atoms with van der Waals surface area (Å²) in [4.78, 5) is 281. The second-order valence-corrected chi connectivity index (χ2v) is 32.7. The molecule has 0 aromatic carbocycles. The molecule has 0 radical (unpaired) electrons. The Bertz CT molecular complexity index is 3750. The first kappa shape index (κ1) is 92.6. The van der Waals surface area contributed by atoms with Gasteiger partial charge in [-0.15, -0.1) is 0 Å². The van der Waals surface area contributed by atoms with Crippen molar-refractivity contribution in [1.82, 2.24) is 88.5 Å². The van der Waals surface area contributed by atoms with E-state index in [-0.39, 0.29) is 102 Å². The molecule has 6 rings (SSSR count). The molecule has 0 spiro atoms. The van der Waals surface area contributed by atoms with E-state index in [1.54, 1.807) is 13.8 Å². The van der Waals surface area contributed by atoms with Gasteiger partial charge < -0.3 is 127 Å². The molecule has 25 N–H and O–H groups in total. The Hall–Kier alpha value is -10.3. The summed E-state index contributed by atoms with van der Waals surface area (Å²) in [6.45, 7) is 1.87. The van der Waals surface area contributed by atoms with Crippen LogP contribution in [0.25, 0.3) is 0 Å². The second kappa shape index (κ2) is 45.0. The molecule has 1 aromatic heterocycles. The van der Waals surface area contributed by atoms with Crippen molar-refractivity contribution in [3.05, 3.63) is 18.2 Å². The number of imidazole rings is 1. The van der Waals surface area contributed by atoms with Crippen LogP contribution in [0.4, 0.5) is 0 Å². The predicted molar refractivity (Wildman–Crippen MR) is 407 cm³/mol. The number of aromatic amines is 1.